The Bertz CT molecular complexity index is 462. The molecular weight excluding hydrogens is 194 g/mol. The third-order valence-corrected chi connectivity index (χ3v) is 2.96. The van der Waals surface area contributed by atoms with E-state index < -0.39 is 0 Å². The number of hydrogen-bond acceptors (Lipinski definition) is 2. The van der Waals surface area contributed by atoms with Crippen LogP contribution in [0.3, 0.4) is 0 Å². The highest BCUT2D eigenvalue weighted by atomic mass is 32.2. The average molecular weight is 207 g/mol. The lowest BCUT2D eigenvalue weighted by Crippen LogP contribution is -1.82. The molecule has 2 rings (SSSR count). The van der Waals surface area contributed by atoms with Crippen molar-refractivity contribution in [3.63, 3.8) is 0 Å². The molecule has 3 heteroatoms. The van der Waals surface area contributed by atoms with E-state index in [0.29, 0.717) is 5.75 Å². The van der Waals surface area contributed by atoms with E-state index in [9.17, 15) is 5.11 Å². The Labute approximate surface area is 87.5 Å². The number of fused-ring (bicyclic) bond motifs is 1. The van der Waals surface area contributed by atoms with Crippen LogP contribution in [0.4, 0.5) is 0 Å². The van der Waals surface area contributed by atoms with Gasteiger partial charge in [-0.1, -0.05) is 0 Å². The van der Waals surface area contributed by atoms with E-state index in [1.165, 1.54) is 11.1 Å². The molecule has 1 aromatic heterocycles. The molecule has 0 fully saturated rings. The fourth-order valence-electron chi connectivity index (χ4n) is 1.73. The molecular formula is C11H13NOS. The average Bonchev–Trinajstić information content (AvgIpc) is 2.44. The Morgan fingerprint density at radius 3 is 2.93 bits per heavy atom. The quantitative estimate of drug-likeness (QED) is 0.819. The van der Waals surface area contributed by atoms with Crippen LogP contribution in [-0.4, -0.2) is 15.9 Å². The second-order valence-corrected chi connectivity index (χ2v) is 4.27. The number of aryl methyl sites for hydroxylation is 1. The highest BCUT2D eigenvalue weighted by Crippen LogP contribution is 2.26. The molecule has 0 radical (unpaired) electrons. The van der Waals surface area contributed by atoms with E-state index in [4.69, 9.17) is 0 Å². The van der Waals surface area contributed by atoms with Crippen LogP contribution in [-0.2, 0) is 12.8 Å². The van der Waals surface area contributed by atoms with Gasteiger partial charge in [-0.15, -0.1) is 0 Å². The lowest BCUT2D eigenvalue weighted by Gasteiger charge is -1.97. The molecule has 0 spiro atoms. The van der Waals surface area contributed by atoms with Crippen LogP contribution in [0, 0.1) is 0 Å². The van der Waals surface area contributed by atoms with E-state index in [2.05, 4.69) is 17.0 Å². The van der Waals surface area contributed by atoms with Gasteiger partial charge in [-0.05, 0) is 30.0 Å². The van der Waals surface area contributed by atoms with Gasteiger partial charge >= 0.3 is 0 Å². The molecule has 0 aliphatic heterocycles. The van der Waals surface area contributed by atoms with Gasteiger partial charge < -0.3 is 9.67 Å². The standard InChI is InChI=1S/C11H13NOS/c1-12-6-8(7-14-2)10-5-9(13)3-4-11(10)12/h3-6,13H,7H2,1-2H3. The number of rotatable bonds is 2. The maximum Gasteiger partial charge on any atom is 0.116 e. The molecule has 0 atom stereocenters. The SMILES string of the molecule is CSCc1cn(C)c2ccc(O)cc12. The summed E-state index contributed by atoms with van der Waals surface area (Å²) in [5.74, 6) is 1.33. The van der Waals surface area contributed by atoms with Crippen LogP contribution in [0.25, 0.3) is 10.9 Å². The minimum absolute atomic E-state index is 0.339. The number of aromatic hydroxyl groups is 1. The van der Waals surface area contributed by atoms with E-state index in [1.807, 2.05) is 19.2 Å². The highest BCUT2D eigenvalue weighted by Gasteiger charge is 2.06. The maximum atomic E-state index is 9.42. The maximum absolute atomic E-state index is 9.42. The van der Waals surface area contributed by atoms with Crippen molar-refractivity contribution in [2.45, 2.75) is 5.75 Å². The molecule has 0 aliphatic carbocycles. The fourth-order valence-corrected chi connectivity index (χ4v) is 2.27. The summed E-state index contributed by atoms with van der Waals surface area (Å²) in [5, 5.41) is 10.6. The van der Waals surface area contributed by atoms with Crippen molar-refractivity contribution in [1.82, 2.24) is 4.57 Å². The molecule has 1 N–H and O–H groups in total. The molecule has 14 heavy (non-hydrogen) atoms. The van der Waals surface area contributed by atoms with Crippen molar-refractivity contribution >= 4 is 22.7 Å². The largest absolute Gasteiger partial charge is 0.508 e. The minimum Gasteiger partial charge on any atom is -0.508 e. The molecule has 1 aromatic carbocycles. The molecule has 2 aromatic rings. The van der Waals surface area contributed by atoms with Crippen molar-refractivity contribution in [3.8, 4) is 5.75 Å². The molecule has 74 valence electrons. The van der Waals surface area contributed by atoms with Gasteiger partial charge in [0.15, 0.2) is 0 Å². The minimum atomic E-state index is 0.339. The van der Waals surface area contributed by atoms with Gasteiger partial charge in [-0.2, -0.15) is 11.8 Å². The zero-order valence-electron chi connectivity index (χ0n) is 8.32. The topological polar surface area (TPSA) is 25.2 Å². The van der Waals surface area contributed by atoms with Crippen LogP contribution in [0.1, 0.15) is 5.56 Å². The van der Waals surface area contributed by atoms with Gasteiger partial charge in [-0.25, -0.2) is 0 Å². The Balaban J connectivity index is 2.66. The Kier molecular flexibility index (Phi) is 2.42. The number of nitrogens with zero attached hydrogens (tertiary/aromatic N) is 1. The normalized spacial score (nSPS) is 11.0. The number of thioether (sulfide) groups is 1. The first-order valence-electron chi connectivity index (χ1n) is 4.48. The summed E-state index contributed by atoms with van der Waals surface area (Å²) in [5.41, 5.74) is 2.46. The van der Waals surface area contributed by atoms with Crippen LogP contribution in [0.2, 0.25) is 0 Å². The predicted molar refractivity (Wildman–Crippen MR) is 61.8 cm³/mol. The fraction of sp³-hybridized carbons (Fsp3) is 0.273. The van der Waals surface area contributed by atoms with Crippen molar-refractivity contribution < 1.29 is 5.11 Å². The first-order valence-corrected chi connectivity index (χ1v) is 5.87. The number of phenolic OH excluding ortho intramolecular Hbond substituents is 1. The second-order valence-electron chi connectivity index (χ2n) is 3.40. The predicted octanol–water partition coefficient (Wildman–Crippen LogP) is 2.75. The summed E-state index contributed by atoms with van der Waals surface area (Å²) in [6.45, 7) is 0. The molecule has 1 heterocycles. The summed E-state index contributed by atoms with van der Waals surface area (Å²) in [7, 11) is 2.03. The number of aromatic nitrogens is 1. The Morgan fingerprint density at radius 2 is 2.21 bits per heavy atom. The first-order chi connectivity index (χ1) is 6.72. The molecule has 0 aliphatic rings. The third kappa shape index (κ3) is 1.48. The molecule has 2 nitrogen and oxygen atoms in total. The van der Waals surface area contributed by atoms with Gasteiger partial charge in [0.05, 0.1) is 0 Å². The van der Waals surface area contributed by atoms with Crippen LogP contribution in [0.15, 0.2) is 24.4 Å². The van der Waals surface area contributed by atoms with Gasteiger partial charge in [0.1, 0.15) is 5.75 Å². The van der Waals surface area contributed by atoms with Gasteiger partial charge in [-0.3, -0.25) is 0 Å². The smallest absolute Gasteiger partial charge is 0.116 e. The van der Waals surface area contributed by atoms with Crippen LogP contribution >= 0.6 is 11.8 Å². The summed E-state index contributed by atoms with van der Waals surface area (Å²) in [6, 6.07) is 5.51. The molecule has 0 bridgehead atoms. The van der Waals surface area contributed by atoms with Crippen molar-refractivity contribution in [2.24, 2.45) is 7.05 Å². The van der Waals surface area contributed by atoms with Crippen LogP contribution in [0.5, 0.6) is 5.75 Å². The van der Waals surface area contributed by atoms with Gasteiger partial charge in [0.25, 0.3) is 0 Å². The second kappa shape index (κ2) is 3.58. The zero-order valence-corrected chi connectivity index (χ0v) is 9.14. The summed E-state index contributed by atoms with van der Waals surface area (Å²) in [4.78, 5) is 0. The van der Waals surface area contributed by atoms with Crippen molar-refractivity contribution in [3.05, 3.63) is 30.0 Å². The van der Waals surface area contributed by atoms with Crippen LogP contribution < -0.4 is 0 Å². The van der Waals surface area contributed by atoms with E-state index in [0.717, 1.165) is 11.1 Å². The molecule has 0 amide bonds. The van der Waals surface area contributed by atoms with Gasteiger partial charge in [0.2, 0.25) is 0 Å². The van der Waals surface area contributed by atoms with E-state index in [1.54, 1.807) is 17.8 Å². The third-order valence-electron chi connectivity index (χ3n) is 2.36. The number of benzene rings is 1. The summed E-state index contributed by atoms with van der Waals surface area (Å²) >= 11 is 1.79. The van der Waals surface area contributed by atoms with E-state index in [-0.39, 0.29) is 0 Å². The molecule has 0 saturated heterocycles. The summed E-state index contributed by atoms with van der Waals surface area (Å²) in [6.07, 6.45) is 4.21. The lowest BCUT2D eigenvalue weighted by molar-refractivity contribution is 0.476. The van der Waals surface area contributed by atoms with Crippen molar-refractivity contribution in [1.29, 1.82) is 0 Å². The lowest BCUT2D eigenvalue weighted by atomic mass is 10.2. The molecule has 0 saturated carbocycles. The molecule has 0 unspecified atom stereocenters. The van der Waals surface area contributed by atoms with E-state index >= 15 is 0 Å². The summed E-state index contributed by atoms with van der Waals surface area (Å²) < 4.78 is 2.10. The monoisotopic (exact) mass is 207 g/mol. The Morgan fingerprint density at radius 1 is 1.43 bits per heavy atom. The van der Waals surface area contributed by atoms with Gasteiger partial charge in [0, 0.05) is 29.9 Å². The van der Waals surface area contributed by atoms with Crippen molar-refractivity contribution in [2.75, 3.05) is 6.26 Å². The highest BCUT2D eigenvalue weighted by molar-refractivity contribution is 7.97. The Hall–Kier alpha value is -1.09. The number of hydrogen-bond donors (Lipinski definition) is 1. The number of phenols is 1. The first kappa shape index (κ1) is 9.46. The zero-order chi connectivity index (χ0) is 10.1.